The highest BCUT2D eigenvalue weighted by Gasteiger charge is 2.33. The molecule has 0 spiro atoms. The number of benzene rings is 1. The zero-order chi connectivity index (χ0) is 14.9. The van der Waals surface area contributed by atoms with Crippen molar-refractivity contribution in [2.24, 2.45) is 0 Å². The zero-order valence-electron chi connectivity index (χ0n) is 11.2. The number of carbonyl (C=O) groups is 2. The summed E-state index contributed by atoms with van der Waals surface area (Å²) in [6.07, 6.45) is 0.284. The number of rotatable bonds is 3. The summed E-state index contributed by atoms with van der Waals surface area (Å²) in [6.45, 7) is 3.51. The van der Waals surface area contributed by atoms with E-state index in [1.807, 2.05) is 0 Å². The van der Waals surface area contributed by atoms with Crippen LogP contribution in [-0.4, -0.2) is 27.7 Å². The molecule has 1 amide bonds. The van der Waals surface area contributed by atoms with E-state index in [9.17, 15) is 19.7 Å². The lowest BCUT2D eigenvalue weighted by atomic mass is 10.1. The molecule has 1 fully saturated rings. The molecule has 1 atom stereocenters. The minimum atomic E-state index is -0.457. The maximum Gasteiger partial charge on any atom is 0.274 e. The molecule has 0 aromatic heterocycles. The van der Waals surface area contributed by atoms with Crippen molar-refractivity contribution >= 4 is 34.2 Å². The Morgan fingerprint density at radius 3 is 2.80 bits per heavy atom. The van der Waals surface area contributed by atoms with E-state index < -0.39 is 4.92 Å². The van der Waals surface area contributed by atoms with E-state index in [1.54, 1.807) is 19.1 Å². The first-order valence-electron chi connectivity index (χ1n) is 6.11. The smallest absolute Gasteiger partial charge is 0.274 e. The molecule has 1 aromatic rings. The summed E-state index contributed by atoms with van der Waals surface area (Å²) in [7, 11) is 0. The fourth-order valence-corrected chi connectivity index (χ4v) is 3.24. The predicted octanol–water partition coefficient (Wildman–Crippen LogP) is 2.29. The third-order valence-corrected chi connectivity index (χ3v) is 4.17. The molecule has 1 aliphatic rings. The van der Waals surface area contributed by atoms with Gasteiger partial charge in [-0.05, 0) is 13.0 Å². The Kier molecular flexibility index (Phi) is 4.08. The van der Waals surface area contributed by atoms with Crippen molar-refractivity contribution in [3.8, 4) is 0 Å². The third-order valence-electron chi connectivity index (χ3n) is 3.19. The van der Waals surface area contributed by atoms with Gasteiger partial charge in [0.25, 0.3) is 5.69 Å². The number of hydrogen-bond donors (Lipinski definition) is 0. The summed E-state index contributed by atoms with van der Waals surface area (Å²) in [5, 5.41) is 10.8. The van der Waals surface area contributed by atoms with Crippen LogP contribution in [0.25, 0.3) is 0 Å². The van der Waals surface area contributed by atoms with Crippen molar-refractivity contribution in [3.05, 3.63) is 33.9 Å². The van der Waals surface area contributed by atoms with E-state index in [1.165, 1.54) is 17.9 Å². The molecule has 7 heteroatoms. The Hall–Kier alpha value is -1.89. The summed E-state index contributed by atoms with van der Waals surface area (Å²) >= 11 is 1.15. The van der Waals surface area contributed by atoms with E-state index >= 15 is 0 Å². The SMILES string of the molecule is CC(=O)SC1CC(=O)N(c2cccc([N+](=O)[O-])c2C)C1. The van der Waals surface area contributed by atoms with Gasteiger partial charge in [0.15, 0.2) is 5.12 Å². The average molecular weight is 294 g/mol. The van der Waals surface area contributed by atoms with E-state index in [0.29, 0.717) is 17.8 Å². The van der Waals surface area contributed by atoms with Crippen LogP contribution in [0.2, 0.25) is 0 Å². The molecule has 6 nitrogen and oxygen atoms in total. The molecule has 0 aliphatic carbocycles. The van der Waals surface area contributed by atoms with Gasteiger partial charge in [0.05, 0.1) is 16.2 Å². The minimum absolute atomic E-state index is 0.00188. The van der Waals surface area contributed by atoms with Crippen molar-refractivity contribution in [1.29, 1.82) is 0 Å². The molecule has 1 saturated heterocycles. The third kappa shape index (κ3) is 2.82. The van der Waals surface area contributed by atoms with Crippen LogP contribution >= 0.6 is 11.8 Å². The van der Waals surface area contributed by atoms with Gasteiger partial charge in [0.2, 0.25) is 5.91 Å². The van der Waals surface area contributed by atoms with Crippen LogP contribution < -0.4 is 4.90 Å². The number of hydrogen-bond acceptors (Lipinski definition) is 5. The molecule has 1 aliphatic heterocycles. The number of amides is 1. The summed E-state index contributed by atoms with van der Waals surface area (Å²) < 4.78 is 0. The fourth-order valence-electron chi connectivity index (χ4n) is 2.32. The number of nitro benzene ring substituents is 1. The second kappa shape index (κ2) is 5.62. The normalized spacial score (nSPS) is 18.4. The lowest BCUT2D eigenvalue weighted by molar-refractivity contribution is -0.385. The Morgan fingerprint density at radius 2 is 2.20 bits per heavy atom. The zero-order valence-corrected chi connectivity index (χ0v) is 12.0. The minimum Gasteiger partial charge on any atom is -0.311 e. The Labute approximate surface area is 120 Å². The lowest BCUT2D eigenvalue weighted by Gasteiger charge is -2.18. The number of nitro groups is 1. The van der Waals surface area contributed by atoms with Crippen LogP contribution in [0, 0.1) is 17.0 Å². The Bertz CT molecular complexity index is 588. The average Bonchev–Trinajstić information content (AvgIpc) is 2.69. The summed E-state index contributed by atoms with van der Waals surface area (Å²) in [5.41, 5.74) is 1.02. The van der Waals surface area contributed by atoms with Gasteiger partial charge in [-0.1, -0.05) is 17.8 Å². The van der Waals surface area contributed by atoms with Gasteiger partial charge in [-0.3, -0.25) is 19.7 Å². The highest BCUT2D eigenvalue weighted by molar-refractivity contribution is 8.14. The largest absolute Gasteiger partial charge is 0.311 e. The van der Waals surface area contributed by atoms with Gasteiger partial charge >= 0.3 is 0 Å². The second-order valence-corrected chi connectivity index (χ2v) is 6.10. The first-order valence-corrected chi connectivity index (χ1v) is 6.99. The van der Waals surface area contributed by atoms with Gasteiger partial charge in [-0.25, -0.2) is 0 Å². The lowest BCUT2D eigenvalue weighted by Crippen LogP contribution is -2.25. The monoisotopic (exact) mass is 294 g/mol. The van der Waals surface area contributed by atoms with Crippen LogP contribution in [0.15, 0.2) is 18.2 Å². The number of thioether (sulfide) groups is 1. The highest BCUT2D eigenvalue weighted by atomic mass is 32.2. The van der Waals surface area contributed by atoms with E-state index in [0.717, 1.165) is 11.8 Å². The summed E-state index contributed by atoms with van der Waals surface area (Å²) in [5.74, 6) is -0.104. The Morgan fingerprint density at radius 1 is 1.50 bits per heavy atom. The molecule has 20 heavy (non-hydrogen) atoms. The van der Waals surface area contributed by atoms with Crippen LogP contribution in [0.5, 0.6) is 0 Å². The number of carbonyl (C=O) groups excluding carboxylic acids is 2. The molecule has 1 unspecified atom stereocenters. The van der Waals surface area contributed by atoms with Crippen molar-refractivity contribution < 1.29 is 14.5 Å². The van der Waals surface area contributed by atoms with Crippen molar-refractivity contribution in [2.45, 2.75) is 25.5 Å². The van der Waals surface area contributed by atoms with Gasteiger partial charge in [0.1, 0.15) is 0 Å². The van der Waals surface area contributed by atoms with Crippen LogP contribution in [0.1, 0.15) is 18.9 Å². The van der Waals surface area contributed by atoms with Gasteiger partial charge in [0, 0.05) is 31.2 Å². The van der Waals surface area contributed by atoms with Gasteiger partial charge in [-0.15, -0.1) is 0 Å². The number of anilines is 1. The number of nitrogens with zero attached hydrogens (tertiary/aromatic N) is 2. The standard InChI is InChI=1S/C13H14N2O4S/c1-8-11(4-3-5-12(8)15(18)19)14-7-10(6-13(14)17)20-9(2)16/h3-5,10H,6-7H2,1-2H3. The van der Waals surface area contributed by atoms with Gasteiger partial charge in [-0.2, -0.15) is 0 Å². The maximum atomic E-state index is 12.0. The van der Waals surface area contributed by atoms with Crippen molar-refractivity contribution in [3.63, 3.8) is 0 Å². The molecule has 0 bridgehead atoms. The first kappa shape index (κ1) is 14.5. The highest BCUT2D eigenvalue weighted by Crippen LogP contribution is 2.33. The molecular weight excluding hydrogens is 280 g/mol. The molecule has 0 radical (unpaired) electrons. The quantitative estimate of drug-likeness (QED) is 0.631. The molecule has 1 heterocycles. The Balaban J connectivity index is 2.28. The van der Waals surface area contributed by atoms with E-state index in [-0.39, 0.29) is 28.4 Å². The second-order valence-electron chi connectivity index (χ2n) is 4.62. The molecule has 1 aromatic carbocycles. The van der Waals surface area contributed by atoms with Crippen LogP contribution in [-0.2, 0) is 9.59 Å². The predicted molar refractivity (Wildman–Crippen MR) is 76.9 cm³/mol. The molecule has 106 valence electrons. The van der Waals surface area contributed by atoms with Crippen LogP contribution in [0.4, 0.5) is 11.4 Å². The first-order chi connectivity index (χ1) is 9.40. The summed E-state index contributed by atoms with van der Waals surface area (Å²) in [4.78, 5) is 35.1. The maximum absolute atomic E-state index is 12.0. The van der Waals surface area contributed by atoms with Crippen LogP contribution in [0.3, 0.4) is 0 Å². The van der Waals surface area contributed by atoms with Crippen molar-refractivity contribution in [2.75, 3.05) is 11.4 Å². The fraction of sp³-hybridized carbons (Fsp3) is 0.385. The topological polar surface area (TPSA) is 80.5 Å². The summed E-state index contributed by atoms with van der Waals surface area (Å²) in [6, 6.07) is 4.68. The van der Waals surface area contributed by atoms with Gasteiger partial charge < -0.3 is 4.90 Å². The van der Waals surface area contributed by atoms with Crippen molar-refractivity contribution in [1.82, 2.24) is 0 Å². The molecule has 0 N–H and O–H groups in total. The molecular formula is C13H14N2O4S. The van der Waals surface area contributed by atoms with E-state index in [2.05, 4.69) is 0 Å². The molecule has 2 rings (SSSR count). The van der Waals surface area contributed by atoms with E-state index in [4.69, 9.17) is 0 Å². The molecule has 0 saturated carbocycles.